The van der Waals surface area contributed by atoms with Crippen molar-refractivity contribution in [2.24, 2.45) is 0 Å². The maximum atomic E-state index is 9.44. The zero-order valence-corrected chi connectivity index (χ0v) is 11.5. The molecule has 0 aromatic heterocycles. The number of phenols is 2. The Morgan fingerprint density at radius 3 is 2.83 bits per heavy atom. The lowest BCUT2D eigenvalue weighted by atomic mass is 9.95. The molecule has 1 fully saturated rings. The van der Waals surface area contributed by atoms with Crippen molar-refractivity contribution in [3.05, 3.63) is 23.8 Å². The standard InChI is InChI=1S/C14H21NO2S/c1-18-12-4-2-3-11(8-12)15-9-10-5-6-13(16)14(17)7-10/h5-7,11-12,15-17H,2-4,8-9H2,1H3. The van der Waals surface area contributed by atoms with Crippen LogP contribution in [0.1, 0.15) is 31.2 Å². The fraction of sp³-hybridized carbons (Fsp3) is 0.571. The molecule has 0 bridgehead atoms. The van der Waals surface area contributed by atoms with Crippen LogP contribution in [-0.2, 0) is 6.54 Å². The Morgan fingerprint density at radius 1 is 1.28 bits per heavy atom. The first-order valence-electron chi connectivity index (χ1n) is 6.46. The van der Waals surface area contributed by atoms with Gasteiger partial charge in [0.2, 0.25) is 0 Å². The van der Waals surface area contributed by atoms with E-state index >= 15 is 0 Å². The van der Waals surface area contributed by atoms with Crippen molar-refractivity contribution in [2.45, 2.75) is 43.5 Å². The van der Waals surface area contributed by atoms with Crippen molar-refractivity contribution >= 4 is 11.8 Å². The van der Waals surface area contributed by atoms with Crippen molar-refractivity contribution in [3.8, 4) is 11.5 Å². The smallest absolute Gasteiger partial charge is 0.157 e. The van der Waals surface area contributed by atoms with E-state index in [-0.39, 0.29) is 11.5 Å². The van der Waals surface area contributed by atoms with Crippen LogP contribution in [0.15, 0.2) is 18.2 Å². The third kappa shape index (κ3) is 3.56. The zero-order valence-electron chi connectivity index (χ0n) is 10.7. The van der Waals surface area contributed by atoms with Gasteiger partial charge in [-0.25, -0.2) is 0 Å². The van der Waals surface area contributed by atoms with E-state index in [9.17, 15) is 10.2 Å². The summed E-state index contributed by atoms with van der Waals surface area (Å²) in [7, 11) is 0. The summed E-state index contributed by atoms with van der Waals surface area (Å²) in [4.78, 5) is 0. The fourth-order valence-corrected chi connectivity index (χ4v) is 3.31. The molecule has 3 N–H and O–H groups in total. The zero-order chi connectivity index (χ0) is 13.0. The van der Waals surface area contributed by atoms with E-state index in [0.29, 0.717) is 6.04 Å². The minimum absolute atomic E-state index is 0.0417. The molecule has 18 heavy (non-hydrogen) atoms. The topological polar surface area (TPSA) is 52.5 Å². The lowest BCUT2D eigenvalue weighted by Gasteiger charge is -2.28. The molecular formula is C14H21NO2S. The van der Waals surface area contributed by atoms with Crippen molar-refractivity contribution in [3.63, 3.8) is 0 Å². The highest BCUT2D eigenvalue weighted by atomic mass is 32.2. The molecule has 1 aliphatic carbocycles. The van der Waals surface area contributed by atoms with Gasteiger partial charge >= 0.3 is 0 Å². The molecule has 0 saturated heterocycles. The number of hydrogen-bond donors (Lipinski definition) is 3. The van der Waals surface area contributed by atoms with Crippen molar-refractivity contribution < 1.29 is 10.2 Å². The van der Waals surface area contributed by atoms with Gasteiger partial charge in [-0.2, -0.15) is 11.8 Å². The maximum Gasteiger partial charge on any atom is 0.157 e. The minimum atomic E-state index is -0.0566. The lowest BCUT2D eigenvalue weighted by molar-refractivity contribution is 0.378. The molecule has 1 aliphatic rings. The average molecular weight is 267 g/mol. The van der Waals surface area contributed by atoms with Gasteiger partial charge < -0.3 is 15.5 Å². The molecule has 0 radical (unpaired) electrons. The number of thioether (sulfide) groups is 1. The Labute approximate surface area is 113 Å². The van der Waals surface area contributed by atoms with Gasteiger partial charge in [0.25, 0.3) is 0 Å². The molecule has 2 rings (SSSR count). The summed E-state index contributed by atoms with van der Waals surface area (Å²) < 4.78 is 0. The van der Waals surface area contributed by atoms with Crippen LogP contribution in [-0.4, -0.2) is 27.8 Å². The Bertz CT molecular complexity index is 397. The van der Waals surface area contributed by atoms with E-state index in [1.54, 1.807) is 6.07 Å². The second-order valence-electron chi connectivity index (χ2n) is 4.93. The number of benzene rings is 1. The summed E-state index contributed by atoms with van der Waals surface area (Å²) in [5.74, 6) is -0.0983. The summed E-state index contributed by atoms with van der Waals surface area (Å²) in [6, 6.07) is 5.58. The number of nitrogens with one attached hydrogen (secondary N) is 1. The van der Waals surface area contributed by atoms with E-state index in [0.717, 1.165) is 17.4 Å². The van der Waals surface area contributed by atoms with Crippen LogP contribution in [0.5, 0.6) is 11.5 Å². The largest absolute Gasteiger partial charge is 0.504 e. The molecule has 0 spiro atoms. The van der Waals surface area contributed by atoms with E-state index in [1.165, 1.54) is 31.7 Å². The lowest BCUT2D eigenvalue weighted by Crippen LogP contribution is -2.34. The van der Waals surface area contributed by atoms with Gasteiger partial charge in [-0.05, 0) is 43.2 Å². The number of hydrogen-bond acceptors (Lipinski definition) is 4. The Hall–Kier alpha value is -0.870. The Morgan fingerprint density at radius 2 is 2.11 bits per heavy atom. The first-order valence-corrected chi connectivity index (χ1v) is 7.75. The molecule has 1 aromatic carbocycles. The predicted molar refractivity (Wildman–Crippen MR) is 76.2 cm³/mol. The first kappa shape index (κ1) is 13.6. The van der Waals surface area contributed by atoms with Crippen LogP contribution in [0.4, 0.5) is 0 Å². The average Bonchev–Trinajstić information content (AvgIpc) is 2.40. The van der Waals surface area contributed by atoms with Crippen LogP contribution in [0.2, 0.25) is 0 Å². The highest BCUT2D eigenvalue weighted by Gasteiger charge is 2.20. The van der Waals surface area contributed by atoms with Crippen molar-refractivity contribution in [1.82, 2.24) is 5.32 Å². The first-order chi connectivity index (χ1) is 8.69. The van der Waals surface area contributed by atoms with Crippen LogP contribution in [0, 0.1) is 0 Å². The minimum Gasteiger partial charge on any atom is -0.504 e. The third-order valence-corrected chi connectivity index (χ3v) is 4.69. The van der Waals surface area contributed by atoms with Crippen molar-refractivity contribution in [1.29, 1.82) is 0 Å². The molecule has 2 unspecified atom stereocenters. The molecule has 0 heterocycles. The van der Waals surface area contributed by atoms with Gasteiger partial charge in [0.05, 0.1) is 0 Å². The second-order valence-corrected chi connectivity index (χ2v) is 6.06. The predicted octanol–water partition coefficient (Wildman–Crippen LogP) is 2.86. The highest BCUT2D eigenvalue weighted by Crippen LogP contribution is 2.28. The van der Waals surface area contributed by atoms with Gasteiger partial charge in [0, 0.05) is 17.8 Å². The summed E-state index contributed by atoms with van der Waals surface area (Å²) in [6.45, 7) is 0.750. The number of phenolic OH excluding ortho intramolecular Hbond substituents is 2. The van der Waals surface area contributed by atoms with E-state index < -0.39 is 0 Å². The maximum absolute atomic E-state index is 9.44. The Balaban J connectivity index is 1.85. The molecule has 2 atom stereocenters. The summed E-state index contributed by atoms with van der Waals surface area (Å²) in [6.07, 6.45) is 7.28. The van der Waals surface area contributed by atoms with Gasteiger partial charge in [-0.3, -0.25) is 0 Å². The second kappa shape index (κ2) is 6.34. The summed E-state index contributed by atoms with van der Waals surface area (Å²) >= 11 is 1.96. The van der Waals surface area contributed by atoms with Crippen LogP contribution < -0.4 is 5.32 Å². The SMILES string of the molecule is CSC1CCCC(NCc2ccc(O)c(O)c2)C1. The van der Waals surface area contributed by atoms with Crippen LogP contribution in [0.25, 0.3) is 0 Å². The van der Waals surface area contributed by atoms with E-state index in [1.807, 2.05) is 17.8 Å². The molecule has 0 amide bonds. The van der Waals surface area contributed by atoms with Crippen LogP contribution in [0.3, 0.4) is 0 Å². The van der Waals surface area contributed by atoms with Gasteiger partial charge in [-0.1, -0.05) is 12.5 Å². The quantitative estimate of drug-likeness (QED) is 0.734. The Kier molecular flexibility index (Phi) is 4.78. The molecule has 100 valence electrons. The van der Waals surface area contributed by atoms with E-state index in [2.05, 4.69) is 11.6 Å². The van der Waals surface area contributed by atoms with Gasteiger partial charge in [0.15, 0.2) is 11.5 Å². The number of rotatable bonds is 4. The van der Waals surface area contributed by atoms with E-state index in [4.69, 9.17) is 0 Å². The normalized spacial score (nSPS) is 24.1. The fourth-order valence-electron chi connectivity index (χ4n) is 2.49. The molecule has 4 heteroatoms. The summed E-state index contributed by atoms with van der Waals surface area (Å²) in [5.41, 5.74) is 1.01. The van der Waals surface area contributed by atoms with Gasteiger partial charge in [0.1, 0.15) is 0 Å². The number of aromatic hydroxyl groups is 2. The molecule has 1 aromatic rings. The monoisotopic (exact) mass is 267 g/mol. The third-order valence-electron chi connectivity index (χ3n) is 3.59. The summed E-state index contributed by atoms with van der Waals surface area (Å²) in [5, 5.41) is 23.0. The molecule has 1 saturated carbocycles. The molecular weight excluding hydrogens is 246 g/mol. The molecule has 0 aliphatic heterocycles. The molecule has 3 nitrogen and oxygen atoms in total. The van der Waals surface area contributed by atoms with Crippen molar-refractivity contribution in [2.75, 3.05) is 6.26 Å². The van der Waals surface area contributed by atoms with Crippen LogP contribution >= 0.6 is 11.8 Å². The highest BCUT2D eigenvalue weighted by molar-refractivity contribution is 7.99. The van der Waals surface area contributed by atoms with Gasteiger partial charge in [-0.15, -0.1) is 0 Å².